The Kier molecular flexibility index (Phi) is 5.09. The number of aryl methyl sites for hydroxylation is 3. The van der Waals surface area contributed by atoms with Crippen LogP contribution >= 0.6 is 11.3 Å². The Labute approximate surface area is 193 Å². The summed E-state index contributed by atoms with van der Waals surface area (Å²) in [6.45, 7) is 7.87. The number of hydrogen-bond donors (Lipinski definition) is 2. The molecule has 5 rings (SSSR count). The maximum Gasteiger partial charge on any atom is 0.250 e. The van der Waals surface area contributed by atoms with Crippen LogP contribution in [0.5, 0.6) is 0 Å². The molecule has 5 aromatic heterocycles. The molecule has 1 amide bonds. The van der Waals surface area contributed by atoms with Gasteiger partial charge in [-0.2, -0.15) is 5.10 Å². The van der Waals surface area contributed by atoms with Crippen molar-refractivity contribution in [1.29, 1.82) is 0 Å². The number of primary amides is 1. The third-order valence-corrected chi connectivity index (χ3v) is 6.82. The summed E-state index contributed by atoms with van der Waals surface area (Å²) in [7, 11) is 0. The lowest BCUT2D eigenvalue weighted by Gasteiger charge is -2.12. The van der Waals surface area contributed by atoms with Gasteiger partial charge in [0.1, 0.15) is 23.6 Å². The van der Waals surface area contributed by atoms with Crippen molar-refractivity contribution in [1.82, 2.24) is 29.7 Å². The van der Waals surface area contributed by atoms with Gasteiger partial charge < -0.3 is 10.3 Å². The van der Waals surface area contributed by atoms with Gasteiger partial charge >= 0.3 is 0 Å². The van der Waals surface area contributed by atoms with Gasteiger partial charge in [-0.25, -0.2) is 9.97 Å². The van der Waals surface area contributed by atoms with E-state index in [9.17, 15) is 4.79 Å². The molecule has 3 N–H and O–H groups in total. The molecule has 0 aliphatic heterocycles. The Morgan fingerprint density at radius 3 is 2.70 bits per heavy atom. The van der Waals surface area contributed by atoms with E-state index in [1.807, 2.05) is 18.2 Å². The molecule has 0 spiro atoms. The molecule has 0 aromatic carbocycles. The van der Waals surface area contributed by atoms with Crippen LogP contribution in [0.4, 0.5) is 0 Å². The number of hydrogen-bond acceptors (Lipinski definition) is 7. The zero-order chi connectivity index (χ0) is 23.3. The van der Waals surface area contributed by atoms with Crippen LogP contribution in [0.25, 0.3) is 27.3 Å². The lowest BCUT2D eigenvalue weighted by atomic mass is 9.99. The molecule has 0 aliphatic rings. The molecule has 0 bridgehead atoms. The van der Waals surface area contributed by atoms with Gasteiger partial charge in [0.05, 0.1) is 39.0 Å². The number of nitrogens with two attached hydrogens (primary N) is 1. The Balaban J connectivity index is 1.91. The fourth-order valence-corrected chi connectivity index (χ4v) is 5.22. The van der Waals surface area contributed by atoms with E-state index in [1.54, 1.807) is 23.6 Å². The second kappa shape index (κ2) is 7.96. The predicted octanol–water partition coefficient (Wildman–Crippen LogP) is 4.40. The molecule has 5 aromatic rings. The molecule has 9 nitrogen and oxygen atoms in total. The van der Waals surface area contributed by atoms with Gasteiger partial charge in [0.25, 0.3) is 0 Å². The van der Waals surface area contributed by atoms with Crippen LogP contribution in [0.1, 0.15) is 57.5 Å². The van der Waals surface area contributed by atoms with Crippen molar-refractivity contribution in [2.45, 2.75) is 40.0 Å². The van der Waals surface area contributed by atoms with Crippen LogP contribution in [0.15, 0.2) is 35.2 Å². The molecule has 0 radical (unpaired) electrons. The minimum absolute atomic E-state index is 0.112. The number of rotatable bonds is 6. The zero-order valence-electron chi connectivity index (χ0n) is 18.7. The summed E-state index contributed by atoms with van der Waals surface area (Å²) in [5.41, 5.74) is 10.8. The highest BCUT2D eigenvalue weighted by molar-refractivity contribution is 7.15. The lowest BCUT2D eigenvalue weighted by molar-refractivity contribution is 0.1000. The molecule has 33 heavy (non-hydrogen) atoms. The van der Waals surface area contributed by atoms with E-state index in [2.05, 4.69) is 46.3 Å². The van der Waals surface area contributed by atoms with Crippen LogP contribution in [0.3, 0.4) is 0 Å². The lowest BCUT2D eigenvalue weighted by Crippen LogP contribution is -2.12. The molecule has 168 valence electrons. The Hall–Kier alpha value is -3.79. The van der Waals surface area contributed by atoms with Crippen LogP contribution < -0.4 is 5.73 Å². The number of fused-ring (bicyclic) bond motifs is 1. The monoisotopic (exact) mass is 461 g/mol. The van der Waals surface area contributed by atoms with Crippen molar-refractivity contribution in [3.63, 3.8) is 0 Å². The Morgan fingerprint density at radius 1 is 1.30 bits per heavy atom. The van der Waals surface area contributed by atoms with Gasteiger partial charge in [0.2, 0.25) is 5.91 Å². The summed E-state index contributed by atoms with van der Waals surface area (Å²) < 4.78 is 7.39. The maximum absolute atomic E-state index is 12.3. The summed E-state index contributed by atoms with van der Waals surface area (Å²) >= 11 is 1.67. The van der Waals surface area contributed by atoms with Crippen molar-refractivity contribution < 1.29 is 9.32 Å². The van der Waals surface area contributed by atoms with Crippen molar-refractivity contribution in [2.24, 2.45) is 5.73 Å². The van der Waals surface area contributed by atoms with E-state index in [0.717, 1.165) is 45.3 Å². The molecule has 0 saturated heterocycles. The highest BCUT2D eigenvalue weighted by Gasteiger charge is 2.28. The van der Waals surface area contributed by atoms with Crippen LogP contribution in [0.2, 0.25) is 0 Å². The normalized spacial score (nSPS) is 12.5. The van der Waals surface area contributed by atoms with Crippen molar-refractivity contribution in [3.05, 3.63) is 64.1 Å². The average Bonchev–Trinajstić information content (AvgIpc) is 3.56. The topological polar surface area (TPSA) is 128 Å². The standard InChI is InChI=1S/C23H23N7O2S/c1-5-15(22-25-10-26-28-22)19-20(17-7-6-11(2)33-17)30-9-14(21(24)31)8-16(23(30)27-19)18-12(3)29-32-13(18)4/h6-10,15H,5H2,1-4H3,(H2,24,31)(H,25,26,28)/t15-/m0/s1. The number of pyridine rings is 1. The van der Waals surface area contributed by atoms with E-state index >= 15 is 0 Å². The summed E-state index contributed by atoms with van der Waals surface area (Å²) in [5.74, 6) is 0.760. The van der Waals surface area contributed by atoms with Gasteiger partial charge in [-0.1, -0.05) is 12.1 Å². The van der Waals surface area contributed by atoms with E-state index in [-0.39, 0.29) is 5.92 Å². The second-order valence-electron chi connectivity index (χ2n) is 7.99. The Morgan fingerprint density at radius 2 is 2.12 bits per heavy atom. The largest absolute Gasteiger partial charge is 0.366 e. The molecule has 10 heteroatoms. The molecule has 0 fully saturated rings. The van der Waals surface area contributed by atoms with Gasteiger partial charge in [0, 0.05) is 16.6 Å². The zero-order valence-corrected chi connectivity index (χ0v) is 19.5. The molecular weight excluding hydrogens is 438 g/mol. The van der Waals surface area contributed by atoms with Crippen molar-refractivity contribution in [3.8, 4) is 21.7 Å². The van der Waals surface area contributed by atoms with E-state index in [4.69, 9.17) is 15.2 Å². The fourth-order valence-electron chi connectivity index (χ4n) is 4.30. The van der Waals surface area contributed by atoms with Crippen molar-refractivity contribution in [2.75, 3.05) is 0 Å². The highest BCUT2D eigenvalue weighted by Crippen LogP contribution is 2.40. The van der Waals surface area contributed by atoms with E-state index < -0.39 is 5.91 Å². The highest BCUT2D eigenvalue weighted by atomic mass is 32.1. The molecule has 0 saturated carbocycles. The first-order valence-electron chi connectivity index (χ1n) is 10.6. The maximum atomic E-state index is 12.3. The summed E-state index contributed by atoms with van der Waals surface area (Å²) in [5, 5.41) is 11.2. The summed E-state index contributed by atoms with van der Waals surface area (Å²) in [4.78, 5) is 24.1. The molecule has 0 unspecified atom stereocenters. The van der Waals surface area contributed by atoms with Crippen LogP contribution in [-0.2, 0) is 0 Å². The summed E-state index contributed by atoms with van der Waals surface area (Å²) in [6.07, 6.45) is 4.02. The number of nitrogens with one attached hydrogen (secondary N) is 1. The number of amides is 1. The number of imidazole rings is 1. The smallest absolute Gasteiger partial charge is 0.250 e. The number of thiophene rings is 1. The summed E-state index contributed by atoms with van der Waals surface area (Å²) in [6, 6.07) is 5.91. The minimum Gasteiger partial charge on any atom is -0.366 e. The van der Waals surface area contributed by atoms with Gasteiger partial charge in [-0.05, 0) is 45.4 Å². The number of carbonyl (C=O) groups excluding carboxylic acids is 1. The number of carbonyl (C=O) groups is 1. The third kappa shape index (κ3) is 3.43. The molecule has 0 aliphatic carbocycles. The second-order valence-corrected chi connectivity index (χ2v) is 9.27. The quantitative estimate of drug-likeness (QED) is 0.386. The predicted molar refractivity (Wildman–Crippen MR) is 125 cm³/mol. The van der Waals surface area contributed by atoms with Gasteiger partial charge in [0.15, 0.2) is 0 Å². The first-order chi connectivity index (χ1) is 15.9. The number of nitrogens with zero attached hydrogens (tertiary/aromatic N) is 5. The first kappa shape index (κ1) is 21.1. The Bertz CT molecular complexity index is 1460. The minimum atomic E-state index is -0.518. The third-order valence-electron chi connectivity index (χ3n) is 5.81. The molecule has 1 atom stereocenters. The van der Waals surface area contributed by atoms with Crippen LogP contribution in [0, 0.1) is 20.8 Å². The van der Waals surface area contributed by atoms with Crippen molar-refractivity contribution >= 4 is 22.9 Å². The SMILES string of the molecule is CC[C@H](c1ncn[nH]1)c1nc2c(-c3c(C)noc3C)cc(C(N)=O)cn2c1-c1ccc(C)s1. The number of H-pyrrole nitrogens is 1. The van der Waals surface area contributed by atoms with E-state index in [1.165, 1.54) is 11.2 Å². The van der Waals surface area contributed by atoms with Crippen LogP contribution in [-0.4, -0.2) is 35.6 Å². The number of aromatic nitrogens is 6. The average molecular weight is 462 g/mol. The first-order valence-corrected chi connectivity index (χ1v) is 11.4. The van der Waals surface area contributed by atoms with Gasteiger partial charge in [-0.3, -0.25) is 14.3 Å². The fraction of sp³-hybridized carbons (Fsp3) is 0.261. The van der Waals surface area contributed by atoms with Gasteiger partial charge in [-0.15, -0.1) is 11.3 Å². The molecular formula is C23H23N7O2S. The van der Waals surface area contributed by atoms with E-state index in [0.29, 0.717) is 17.0 Å². The number of aromatic amines is 1. The molecule has 5 heterocycles.